The fourth-order valence-electron chi connectivity index (χ4n) is 4.12. The molecule has 1 aromatic rings. The number of hydrogen-bond acceptors (Lipinski definition) is 13. The quantitative estimate of drug-likeness (QED) is 0.0797. The Balaban J connectivity index is 2.94. The molecule has 8 atom stereocenters. The van der Waals surface area contributed by atoms with Crippen molar-refractivity contribution in [2.45, 2.75) is 87.7 Å². The highest BCUT2D eigenvalue weighted by atomic mass is 32.2. The van der Waals surface area contributed by atoms with Crippen LogP contribution in [-0.2, 0) is 23.4 Å². The van der Waals surface area contributed by atoms with E-state index in [2.05, 4.69) is 6.07 Å². The van der Waals surface area contributed by atoms with Crippen LogP contribution in [0.5, 0.6) is 0 Å². The number of thioether (sulfide) groups is 1. The zero-order chi connectivity index (χ0) is 29.7. The molecule has 10 N–H and O–H groups in total. The second-order valence-electron chi connectivity index (χ2n) is 9.70. The van der Waals surface area contributed by atoms with E-state index in [-0.39, 0.29) is 24.7 Å². The van der Waals surface area contributed by atoms with E-state index in [1.165, 1.54) is 23.6 Å². The van der Waals surface area contributed by atoms with Crippen LogP contribution in [0.25, 0.3) is 0 Å². The molecular weight excluding hydrogens is 534 g/mol. The van der Waals surface area contributed by atoms with Crippen molar-refractivity contribution in [1.29, 1.82) is 0 Å². The number of nitrogens with zero attached hydrogens (tertiary/aromatic N) is 1. The fourth-order valence-corrected chi connectivity index (χ4v) is 4.76. The highest BCUT2D eigenvalue weighted by Crippen LogP contribution is 2.20. The van der Waals surface area contributed by atoms with Crippen LogP contribution < -0.4 is 0 Å². The zero-order valence-corrected chi connectivity index (χ0v) is 23.3. The molecule has 0 aliphatic carbocycles. The van der Waals surface area contributed by atoms with Crippen LogP contribution in [0.2, 0.25) is 0 Å². The minimum absolute atomic E-state index is 0.0395. The number of benzene rings is 1. The first-order valence-corrected chi connectivity index (χ1v) is 14.0. The van der Waals surface area contributed by atoms with Crippen molar-refractivity contribution < 1.29 is 55.9 Å². The Labute approximate surface area is 233 Å². The van der Waals surface area contributed by atoms with Gasteiger partial charge >= 0.3 is 0 Å². The second kappa shape index (κ2) is 18.3. The standard InChI is InChI=1S/C26H45NO11S/c1-3-17-9-16(6-7-18(17)14-39-15(2)30)5-4-8-27(10-19(31)23(35)25(37)21(33)12-28)11-20(32)24(36)26(38)22(34)13-29/h6-7,9,19-26,28-29,31-38H,3-5,8,10-14H2,1-2H3/t19-,20-,21+,22+,23+,24+,25+,26+/m0/s1. The lowest BCUT2D eigenvalue weighted by Gasteiger charge is -2.33. The van der Waals surface area contributed by atoms with Crippen molar-refractivity contribution in [3.8, 4) is 0 Å². The molecule has 0 heterocycles. The number of hydrogen-bond donors (Lipinski definition) is 10. The van der Waals surface area contributed by atoms with Gasteiger partial charge in [-0.2, -0.15) is 0 Å². The first-order chi connectivity index (χ1) is 18.4. The maximum atomic E-state index is 11.3. The second-order valence-corrected chi connectivity index (χ2v) is 10.8. The van der Waals surface area contributed by atoms with Crippen LogP contribution in [-0.4, -0.2) is 143 Å². The summed E-state index contributed by atoms with van der Waals surface area (Å²) in [4.78, 5) is 12.8. The van der Waals surface area contributed by atoms with Crippen LogP contribution in [0.1, 0.15) is 37.0 Å². The molecule has 0 bridgehead atoms. The van der Waals surface area contributed by atoms with Crippen LogP contribution in [0.3, 0.4) is 0 Å². The Morgan fingerprint density at radius 1 is 0.795 bits per heavy atom. The van der Waals surface area contributed by atoms with Gasteiger partial charge in [0.2, 0.25) is 0 Å². The average molecular weight is 580 g/mol. The Bertz CT molecular complexity index is 818. The number of carbonyl (C=O) groups excluding carboxylic acids is 1. The summed E-state index contributed by atoms with van der Waals surface area (Å²) in [6.07, 6.45) is -12.0. The van der Waals surface area contributed by atoms with Gasteiger partial charge in [0.05, 0.1) is 25.4 Å². The lowest BCUT2D eigenvalue weighted by atomic mass is 9.99. The van der Waals surface area contributed by atoms with Gasteiger partial charge in [0.1, 0.15) is 36.6 Å². The van der Waals surface area contributed by atoms with Gasteiger partial charge in [-0.25, -0.2) is 0 Å². The van der Waals surface area contributed by atoms with Crippen molar-refractivity contribution in [2.75, 3.05) is 32.8 Å². The summed E-state index contributed by atoms with van der Waals surface area (Å²) in [6.45, 7) is 1.50. The monoisotopic (exact) mass is 579 g/mol. The first kappa shape index (κ1) is 35.8. The summed E-state index contributed by atoms with van der Waals surface area (Å²) in [7, 11) is 0. The largest absolute Gasteiger partial charge is 0.394 e. The minimum Gasteiger partial charge on any atom is -0.394 e. The highest BCUT2D eigenvalue weighted by molar-refractivity contribution is 8.12. The van der Waals surface area contributed by atoms with Gasteiger partial charge in [-0.05, 0) is 42.5 Å². The van der Waals surface area contributed by atoms with Gasteiger partial charge in [0.25, 0.3) is 0 Å². The summed E-state index contributed by atoms with van der Waals surface area (Å²) in [5.41, 5.74) is 3.21. The van der Waals surface area contributed by atoms with Gasteiger partial charge < -0.3 is 51.1 Å². The first-order valence-electron chi connectivity index (χ1n) is 13.0. The lowest BCUT2D eigenvalue weighted by molar-refractivity contribution is -0.130. The fraction of sp³-hybridized carbons (Fsp3) is 0.731. The van der Waals surface area contributed by atoms with Gasteiger partial charge in [-0.3, -0.25) is 9.69 Å². The Morgan fingerprint density at radius 2 is 1.28 bits per heavy atom. The van der Waals surface area contributed by atoms with Crippen molar-refractivity contribution >= 4 is 16.9 Å². The summed E-state index contributed by atoms with van der Waals surface area (Å²) in [5, 5.41) is 98.4. The van der Waals surface area contributed by atoms with E-state index in [0.717, 1.165) is 23.1 Å². The molecule has 0 saturated heterocycles. The number of rotatable bonds is 19. The number of aryl methyl sites for hydroxylation is 2. The molecule has 0 radical (unpaired) electrons. The van der Waals surface area contributed by atoms with Crippen molar-refractivity contribution in [1.82, 2.24) is 4.90 Å². The molecule has 1 rings (SSSR count). The molecular formula is C26H45NO11S. The third-order valence-electron chi connectivity index (χ3n) is 6.56. The third-order valence-corrected chi connectivity index (χ3v) is 7.43. The molecule has 0 unspecified atom stereocenters. The summed E-state index contributed by atoms with van der Waals surface area (Å²) >= 11 is 1.24. The van der Waals surface area contributed by atoms with E-state index >= 15 is 0 Å². The van der Waals surface area contributed by atoms with E-state index < -0.39 is 62.0 Å². The van der Waals surface area contributed by atoms with E-state index in [4.69, 9.17) is 10.2 Å². The average Bonchev–Trinajstić information content (AvgIpc) is 2.93. The van der Waals surface area contributed by atoms with E-state index in [0.29, 0.717) is 18.6 Å². The van der Waals surface area contributed by atoms with Gasteiger partial charge in [-0.15, -0.1) is 0 Å². The third kappa shape index (κ3) is 12.1. The van der Waals surface area contributed by atoms with Gasteiger partial charge in [0, 0.05) is 25.8 Å². The Kier molecular flexibility index (Phi) is 16.8. The van der Waals surface area contributed by atoms with Crippen LogP contribution in [0, 0.1) is 0 Å². The molecule has 0 fully saturated rings. The molecule has 39 heavy (non-hydrogen) atoms. The van der Waals surface area contributed by atoms with E-state index in [1.54, 1.807) is 0 Å². The van der Waals surface area contributed by atoms with Crippen LogP contribution in [0.4, 0.5) is 0 Å². The molecule has 13 heteroatoms. The Hall–Kier alpha value is -1.20. The normalized spacial score (nSPS) is 18.3. The number of aliphatic hydroxyl groups excluding tert-OH is 10. The molecule has 1 aromatic carbocycles. The summed E-state index contributed by atoms with van der Waals surface area (Å²) in [5.74, 6) is 0.584. The molecule has 0 aliphatic rings. The maximum absolute atomic E-state index is 11.3. The smallest absolute Gasteiger partial charge is 0.186 e. The predicted octanol–water partition coefficient (Wildman–Crippen LogP) is -2.86. The molecule has 12 nitrogen and oxygen atoms in total. The zero-order valence-electron chi connectivity index (χ0n) is 22.5. The minimum atomic E-state index is -1.84. The molecule has 0 saturated carbocycles. The van der Waals surface area contributed by atoms with Gasteiger partial charge in [-0.1, -0.05) is 36.9 Å². The molecule has 0 aromatic heterocycles. The number of aliphatic hydroxyl groups is 10. The maximum Gasteiger partial charge on any atom is 0.186 e. The molecule has 0 spiro atoms. The van der Waals surface area contributed by atoms with Crippen LogP contribution >= 0.6 is 11.8 Å². The van der Waals surface area contributed by atoms with Crippen LogP contribution in [0.15, 0.2) is 18.2 Å². The number of carbonyl (C=O) groups is 1. The van der Waals surface area contributed by atoms with E-state index in [1.807, 2.05) is 19.1 Å². The summed E-state index contributed by atoms with van der Waals surface area (Å²) in [6, 6.07) is 5.98. The molecule has 0 aliphatic heterocycles. The molecule has 226 valence electrons. The SMILES string of the molecule is CCc1cc(CCCN(C[C@H](O)[C@@H](O)[C@H](O)[C@H](O)CO)C[C@H](O)[C@@H](O)[C@H](O)[C@H](O)CO)ccc1CSC(C)=O. The topological polar surface area (TPSA) is 223 Å². The Morgan fingerprint density at radius 3 is 1.72 bits per heavy atom. The molecule has 0 amide bonds. The van der Waals surface area contributed by atoms with Crippen molar-refractivity contribution in [3.63, 3.8) is 0 Å². The lowest BCUT2D eigenvalue weighted by Crippen LogP contribution is -2.53. The van der Waals surface area contributed by atoms with Crippen molar-refractivity contribution in [3.05, 3.63) is 34.9 Å². The summed E-state index contributed by atoms with van der Waals surface area (Å²) < 4.78 is 0. The van der Waals surface area contributed by atoms with E-state index in [9.17, 15) is 45.6 Å². The predicted molar refractivity (Wildman–Crippen MR) is 145 cm³/mol. The highest BCUT2D eigenvalue weighted by Gasteiger charge is 2.34. The van der Waals surface area contributed by atoms with Crippen molar-refractivity contribution in [2.24, 2.45) is 0 Å². The van der Waals surface area contributed by atoms with Gasteiger partial charge in [0.15, 0.2) is 5.12 Å².